The van der Waals surface area contributed by atoms with Crippen molar-refractivity contribution in [3.63, 3.8) is 0 Å². The van der Waals surface area contributed by atoms with Crippen LogP contribution < -0.4 is 0 Å². The predicted octanol–water partition coefficient (Wildman–Crippen LogP) is 3.72. The normalized spacial score (nSPS) is 56.6. The molecule has 4 aliphatic carbocycles. The lowest BCUT2D eigenvalue weighted by molar-refractivity contribution is -0.155. The van der Waals surface area contributed by atoms with Gasteiger partial charge in [0.25, 0.3) is 0 Å². The zero-order valence-corrected chi connectivity index (χ0v) is 15.9. The van der Waals surface area contributed by atoms with Gasteiger partial charge in [-0.05, 0) is 68.1 Å². The summed E-state index contributed by atoms with van der Waals surface area (Å²) in [6.45, 7) is 5.33. The molecule has 0 aromatic carbocycles. The maximum atomic E-state index is 12.2. The molecule has 4 nitrogen and oxygen atoms in total. The Balaban J connectivity index is 1.42. The minimum Gasteiger partial charge on any atom is -0.359 e. The molecule has 0 N–H and O–H groups in total. The van der Waals surface area contributed by atoms with Gasteiger partial charge in [0.2, 0.25) is 0 Å². The number of fused-ring (bicyclic) bond motifs is 4. The van der Waals surface area contributed by atoms with Crippen LogP contribution in [0.1, 0.15) is 65.2 Å². The second kappa shape index (κ2) is 5.30. The number of epoxide rings is 1. The number of rotatable bonds is 3. The van der Waals surface area contributed by atoms with Gasteiger partial charge in [-0.2, -0.15) is 0 Å². The minimum absolute atomic E-state index is 0.0677. The third kappa shape index (κ3) is 1.97. The molecule has 2 unspecified atom stereocenters. The van der Waals surface area contributed by atoms with E-state index < -0.39 is 0 Å². The molecule has 0 aromatic heterocycles. The van der Waals surface area contributed by atoms with E-state index in [4.69, 9.17) is 14.2 Å². The van der Waals surface area contributed by atoms with E-state index in [0.717, 1.165) is 37.0 Å². The predicted molar refractivity (Wildman–Crippen MR) is 93.0 cm³/mol. The largest absolute Gasteiger partial charge is 0.359 e. The summed E-state index contributed by atoms with van der Waals surface area (Å²) in [5.41, 5.74) is 0.415. The molecule has 0 aromatic rings. The highest BCUT2D eigenvalue weighted by Crippen LogP contribution is 2.72. The van der Waals surface area contributed by atoms with Gasteiger partial charge in [0.05, 0.1) is 6.10 Å². The van der Waals surface area contributed by atoms with Crippen molar-refractivity contribution in [2.75, 3.05) is 13.9 Å². The Bertz CT molecular complexity index is 590. The van der Waals surface area contributed by atoms with Gasteiger partial charge >= 0.3 is 0 Å². The van der Waals surface area contributed by atoms with Crippen molar-refractivity contribution in [1.82, 2.24) is 0 Å². The molecule has 0 bridgehead atoms. The van der Waals surface area contributed by atoms with Gasteiger partial charge in [0.1, 0.15) is 18.5 Å². The highest BCUT2D eigenvalue weighted by molar-refractivity contribution is 5.88. The summed E-state index contributed by atoms with van der Waals surface area (Å²) in [4.78, 5) is 12.2. The standard InChI is InChI=1S/C21H32O4/c1-19-9-7-15-13(14(19)4-5-17(19)24-12-23-3)6-11-21-18(25-21)16(22)8-10-20(15,21)2/h13-15,17-18H,4-12H2,1-3H3/t13-,14-,15-,17-,18?,19-,20+,21?/m0/s1. The zero-order chi connectivity index (χ0) is 17.4. The van der Waals surface area contributed by atoms with E-state index in [9.17, 15) is 4.79 Å². The summed E-state index contributed by atoms with van der Waals surface area (Å²) >= 11 is 0. The van der Waals surface area contributed by atoms with E-state index in [1.807, 2.05) is 0 Å². The van der Waals surface area contributed by atoms with Crippen LogP contribution in [-0.2, 0) is 19.0 Å². The molecule has 1 spiro atoms. The van der Waals surface area contributed by atoms with Gasteiger partial charge in [-0.3, -0.25) is 4.79 Å². The van der Waals surface area contributed by atoms with Gasteiger partial charge in [-0.15, -0.1) is 0 Å². The number of ketones is 1. The fraction of sp³-hybridized carbons (Fsp3) is 0.952. The number of carbonyl (C=O) groups excluding carboxylic acids is 1. The van der Waals surface area contributed by atoms with Crippen LogP contribution in [0, 0.1) is 28.6 Å². The highest BCUT2D eigenvalue weighted by Gasteiger charge is 2.76. The summed E-state index contributed by atoms with van der Waals surface area (Å²) in [6, 6.07) is 0. The van der Waals surface area contributed by atoms with Crippen molar-refractivity contribution in [2.45, 2.75) is 83.0 Å². The smallest absolute Gasteiger partial charge is 0.164 e. The first-order chi connectivity index (χ1) is 12.0. The second-order valence-electron chi connectivity index (χ2n) is 9.87. The van der Waals surface area contributed by atoms with Crippen LogP contribution in [0.15, 0.2) is 0 Å². The zero-order valence-electron chi connectivity index (χ0n) is 15.9. The third-order valence-electron chi connectivity index (χ3n) is 9.25. The van der Waals surface area contributed by atoms with E-state index in [1.54, 1.807) is 7.11 Å². The van der Waals surface area contributed by atoms with Crippen molar-refractivity contribution in [3.05, 3.63) is 0 Å². The monoisotopic (exact) mass is 348 g/mol. The van der Waals surface area contributed by atoms with Gasteiger partial charge in [0, 0.05) is 18.9 Å². The van der Waals surface area contributed by atoms with Gasteiger partial charge in [-0.25, -0.2) is 0 Å². The quantitative estimate of drug-likeness (QED) is 0.576. The Morgan fingerprint density at radius 2 is 1.92 bits per heavy atom. The maximum Gasteiger partial charge on any atom is 0.164 e. The molecule has 5 fully saturated rings. The lowest BCUT2D eigenvalue weighted by Gasteiger charge is -2.59. The van der Waals surface area contributed by atoms with Crippen LogP contribution in [0.5, 0.6) is 0 Å². The van der Waals surface area contributed by atoms with E-state index in [0.29, 0.717) is 24.1 Å². The molecule has 5 aliphatic rings. The Morgan fingerprint density at radius 3 is 2.72 bits per heavy atom. The second-order valence-corrected chi connectivity index (χ2v) is 9.87. The number of hydrogen-bond acceptors (Lipinski definition) is 4. The fourth-order valence-electron chi connectivity index (χ4n) is 7.87. The van der Waals surface area contributed by atoms with Crippen LogP contribution in [0.2, 0.25) is 0 Å². The molecule has 8 atom stereocenters. The molecule has 0 amide bonds. The van der Waals surface area contributed by atoms with Crippen molar-refractivity contribution < 1.29 is 19.0 Å². The van der Waals surface area contributed by atoms with Gasteiger partial charge in [0.15, 0.2) is 5.78 Å². The first-order valence-electron chi connectivity index (χ1n) is 10.3. The average molecular weight is 348 g/mol. The molecular formula is C21H32O4. The Hall–Kier alpha value is -0.450. The summed E-state index contributed by atoms with van der Waals surface area (Å²) in [7, 11) is 1.71. The average Bonchev–Trinajstić information content (AvgIpc) is 3.25. The molecular weight excluding hydrogens is 316 g/mol. The van der Waals surface area contributed by atoms with Gasteiger partial charge < -0.3 is 14.2 Å². The summed E-state index contributed by atoms with van der Waals surface area (Å²) in [5.74, 6) is 2.63. The highest BCUT2D eigenvalue weighted by atomic mass is 16.7. The molecule has 5 rings (SSSR count). The van der Waals surface area contributed by atoms with E-state index in [1.165, 1.54) is 32.1 Å². The lowest BCUT2D eigenvalue weighted by Crippen LogP contribution is -2.58. The summed E-state index contributed by atoms with van der Waals surface area (Å²) < 4.78 is 17.4. The first kappa shape index (κ1) is 16.7. The SMILES string of the molecule is COCO[C@H]1CC[C@H]2[C@@H]3CCC45OC4C(=O)CC[C@]5(C)[C@H]3CC[C@]12C. The number of methoxy groups -OCH3 is 1. The van der Waals surface area contributed by atoms with Crippen molar-refractivity contribution in [3.8, 4) is 0 Å². The molecule has 4 heteroatoms. The number of ether oxygens (including phenoxy) is 3. The van der Waals surface area contributed by atoms with E-state index >= 15 is 0 Å². The number of carbonyl (C=O) groups is 1. The maximum absolute atomic E-state index is 12.2. The molecule has 1 aliphatic heterocycles. The van der Waals surface area contributed by atoms with Crippen LogP contribution in [0.4, 0.5) is 0 Å². The van der Waals surface area contributed by atoms with Crippen LogP contribution in [0.3, 0.4) is 0 Å². The molecule has 1 heterocycles. The molecule has 0 radical (unpaired) electrons. The van der Waals surface area contributed by atoms with Crippen LogP contribution >= 0.6 is 0 Å². The molecule has 140 valence electrons. The van der Waals surface area contributed by atoms with Crippen LogP contribution in [-0.4, -0.2) is 37.5 Å². The molecule has 4 saturated carbocycles. The fourth-order valence-corrected chi connectivity index (χ4v) is 7.87. The van der Waals surface area contributed by atoms with Crippen molar-refractivity contribution in [2.24, 2.45) is 28.6 Å². The first-order valence-corrected chi connectivity index (χ1v) is 10.3. The minimum atomic E-state index is -0.0954. The Morgan fingerprint density at radius 1 is 1.08 bits per heavy atom. The Kier molecular flexibility index (Phi) is 3.54. The van der Waals surface area contributed by atoms with E-state index in [-0.39, 0.29) is 17.1 Å². The van der Waals surface area contributed by atoms with Crippen molar-refractivity contribution >= 4 is 5.78 Å². The Labute approximate surface area is 151 Å². The topological polar surface area (TPSA) is 48.1 Å². The summed E-state index contributed by atoms with van der Waals surface area (Å²) in [5, 5.41) is 0. The summed E-state index contributed by atoms with van der Waals surface area (Å²) in [6.07, 6.45) is 9.36. The lowest BCUT2D eigenvalue weighted by atomic mass is 9.45. The number of hydrogen-bond donors (Lipinski definition) is 0. The molecule has 1 saturated heterocycles. The van der Waals surface area contributed by atoms with Crippen LogP contribution in [0.25, 0.3) is 0 Å². The van der Waals surface area contributed by atoms with Crippen molar-refractivity contribution in [1.29, 1.82) is 0 Å². The third-order valence-corrected chi connectivity index (χ3v) is 9.25. The number of Topliss-reactive ketones (excluding diaryl/α,β-unsaturated/α-hetero) is 1. The van der Waals surface area contributed by atoms with E-state index in [2.05, 4.69) is 13.8 Å². The molecule has 25 heavy (non-hydrogen) atoms. The van der Waals surface area contributed by atoms with Gasteiger partial charge in [-0.1, -0.05) is 13.8 Å².